The lowest BCUT2D eigenvalue weighted by molar-refractivity contribution is -0.115. The number of primary amides is 1. The molecule has 3 aliphatic rings. The van der Waals surface area contributed by atoms with Crippen molar-refractivity contribution < 1.29 is 80.7 Å². The summed E-state index contributed by atoms with van der Waals surface area (Å²) >= 11 is 0. The van der Waals surface area contributed by atoms with Crippen molar-refractivity contribution in [1.29, 1.82) is 0 Å². The van der Waals surface area contributed by atoms with Crippen molar-refractivity contribution in [2.45, 2.75) is 55.5 Å². The number of imidazole rings is 1. The number of amides is 1. The van der Waals surface area contributed by atoms with Crippen LogP contribution >= 0.6 is 23.5 Å². The zero-order chi connectivity index (χ0) is 35.2. The fraction of sp³-hybridized carbons (Fsp3) is 0.524. The average Bonchev–Trinajstić information content (AvgIpc) is 3.64. The largest absolute Gasteiger partial charge is 0.481 e. The lowest BCUT2D eigenvalue weighted by atomic mass is 10.1. The Labute approximate surface area is 268 Å². The van der Waals surface area contributed by atoms with E-state index in [0.717, 1.165) is 17.2 Å². The predicted molar refractivity (Wildman–Crippen MR) is 153 cm³/mol. The number of ether oxygens (including phenoxy) is 2. The molecular formula is C21H30N7O17P3. The third kappa shape index (κ3) is 8.17. The van der Waals surface area contributed by atoms with Gasteiger partial charge in [-0.25, -0.2) is 28.6 Å². The van der Waals surface area contributed by atoms with Gasteiger partial charge in [-0.1, -0.05) is 6.08 Å². The number of nitrogens with two attached hydrogens (primary N) is 2. The number of phosphoric ester groups is 3. The quantitative estimate of drug-likeness (QED) is 0.0951. The molecule has 5 rings (SSSR count). The molecule has 11 N–H and O–H groups in total. The molecule has 0 spiro atoms. The van der Waals surface area contributed by atoms with E-state index in [9.17, 15) is 53.4 Å². The van der Waals surface area contributed by atoms with Crippen LogP contribution in [-0.2, 0) is 45.8 Å². The first kappa shape index (κ1) is 36.5. The Morgan fingerprint density at radius 1 is 0.938 bits per heavy atom. The summed E-state index contributed by atoms with van der Waals surface area (Å²) in [5, 5.41) is 31.5. The Bertz CT molecular complexity index is 1740. The number of aliphatic hydroxyl groups is 3. The molecule has 266 valence electrons. The first-order valence-corrected chi connectivity index (χ1v) is 18.0. The van der Waals surface area contributed by atoms with E-state index >= 15 is 0 Å². The number of carbonyl (C=O) groups is 1. The Balaban J connectivity index is 1.20. The maximum atomic E-state index is 12.6. The molecule has 48 heavy (non-hydrogen) atoms. The second-order valence-electron chi connectivity index (χ2n) is 10.4. The fourth-order valence-corrected chi connectivity index (χ4v) is 7.57. The molecule has 2 fully saturated rings. The van der Waals surface area contributed by atoms with Gasteiger partial charge in [-0.05, 0) is 6.42 Å². The molecule has 0 bridgehead atoms. The van der Waals surface area contributed by atoms with Crippen LogP contribution in [0.4, 0.5) is 5.82 Å². The van der Waals surface area contributed by atoms with Crippen LogP contribution < -0.4 is 11.5 Å². The maximum Gasteiger partial charge on any atom is 0.481 e. The number of nitrogen functional groups attached to an aromatic ring is 1. The molecule has 0 aromatic carbocycles. The number of nitrogens with zero attached hydrogens (tertiary/aromatic N) is 5. The molecule has 2 aromatic rings. The number of carbonyl (C=O) groups excluding carboxylic acids is 1. The fourth-order valence-electron chi connectivity index (χ4n) is 4.93. The number of phosphoric acid groups is 3. The minimum atomic E-state index is -5.52. The number of rotatable bonds is 13. The molecule has 27 heteroatoms. The van der Waals surface area contributed by atoms with Gasteiger partial charge in [0.25, 0.3) is 0 Å². The van der Waals surface area contributed by atoms with Gasteiger partial charge in [0.1, 0.15) is 48.5 Å². The normalized spacial score (nSPS) is 31.9. The number of fused-ring (bicyclic) bond motifs is 1. The van der Waals surface area contributed by atoms with E-state index < -0.39 is 91.7 Å². The van der Waals surface area contributed by atoms with Crippen LogP contribution in [0.5, 0.6) is 0 Å². The molecule has 24 nitrogen and oxygen atoms in total. The summed E-state index contributed by atoms with van der Waals surface area (Å²) in [4.78, 5) is 63.4. The Hall–Kier alpha value is -2.73. The van der Waals surface area contributed by atoms with Gasteiger partial charge < -0.3 is 60.7 Å². The van der Waals surface area contributed by atoms with Crippen LogP contribution in [0.15, 0.2) is 36.7 Å². The topological polar surface area (TPSA) is 364 Å². The summed E-state index contributed by atoms with van der Waals surface area (Å²) in [6, 6.07) is 0. The Morgan fingerprint density at radius 2 is 1.56 bits per heavy atom. The summed E-state index contributed by atoms with van der Waals surface area (Å²) in [7, 11) is -16.3. The zero-order valence-electron chi connectivity index (χ0n) is 24.1. The van der Waals surface area contributed by atoms with Crippen LogP contribution in [0, 0.1) is 0 Å². The molecular weight excluding hydrogens is 715 g/mol. The second kappa shape index (κ2) is 13.9. The summed E-state index contributed by atoms with van der Waals surface area (Å²) < 4.78 is 67.2. The van der Waals surface area contributed by atoms with Crippen molar-refractivity contribution in [3.05, 3.63) is 36.7 Å². The molecule has 5 heterocycles. The molecule has 0 radical (unpaired) electrons. The van der Waals surface area contributed by atoms with Crippen molar-refractivity contribution in [2.75, 3.05) is 18.9 Å². The molecule has 0 saturated carbocycles. The van der Waals surface area contributed by atoms with Crippen LogP contribution in [0.2, 0.25) is 0 Å². The SMILES string of the molecule is NC(=O)C1=CN([C@H]2O[C@@H](COP(=O)(O)OP(=O)(O)OC[C@@H]3O[C@H](n4cnc5c(N)ncnc54)[C@H](OP(=O)(O)O)[C@@H]3O)[C@@H](O)[C@H]2O)C=CC1. The van der Waals surface area contributed by atoms with Crippen molar-refractivity contribution in [3.8, 4) is 0 Å². The lowest BCUT2D eigenvalue weighted by Gasteiger charge is -2.28. The minimum Gasteiger partial charge on any atom is -0.387 e. The standard InChI is InChI=1S/C21H30N7O17P3/c22-17-12-19(25-7-24-17)28(8-26-12)21-16(44-46(33,34)35)14(30)11(43-21)6-41-48(38,39)45-47(36,37)40-5-10-13(29)15(31)20(42-10)27-3-1-2-9(4-27)18(23)32/h1,3-4,7-8,10-11,13-16,20-21,29-31H,2,5-6H2,(H2,23,32)(H,36,37)(H,38,39)(H2,22,24,25)(H2,33,34,35)/t10-,11-,13+,14+,15+,16+,20-,21-/m0/s1. The van der Waals surface area contributed by atoms with E-state index in [4.69, 9.17) is 30.0 Å². The molecule has 2 aromatic heterocycles. The van der Waals surface area contributed by atoms with Gasteiger partial charge in [0, 0.05) is 18.0 Å². The maximum absolute atomic E-state index is 12.6. The smallest absolute Gasteiger partial charge is 0.387 e. The second-order valence-corrected chi connectivity index (χ2v) is 14.6. The highest BCUT2D eigenvalue weighted by atomic mass is 31.3. The van der Waals surface area contributed by atoms with Gasteiger partial charge in [-0.2, -0.15) is 4.31 Å². The molecule has 10 atom stereocenters. The lowest BCUT2D eigenvalue weighted by Crippen LogP contribution is -2.40. The van der Waals surface area contributed by atoms with Crippen molar-refractivity contribution in [1.82, 2.24) is 24.4 Å². The highest BCUT2D eigenvalue weighted by Crippen LogP contribution is 2.61. The van der Waals surface area contributed by atoms with Gasteiger partial charge in [-0.3, -0.25) is 22.9 Å². The minimum absolute atomic E-state index is 0.00424. The first-order valence-electron chi connectivity index (χ1n) is 13.5. The van der Waals surface area contributed by atoms with E-state index in [1.165, 1.54) is 23.4 Å². The summed E-state index contributed by atoms with van der Waals surface area (Å²) in [5.74, 6) is -0.791. The highest BCUT2D eigenvalue weighted by molar-refractivity contribution is 7.61. The molecule has 1 amide bonds. The van der Waals surface area contributed by atoms with Gasteiger partial charge >= 0.3 is 23.5 Å². The number of hydrogen-bond donors (Lipinski definition) is 9. The van der Waals surface area contributed by atoms with E-state index in [0.29, 0.717) is 0 Å². The first-order chi connectivity index (χ1) is 22.4. The number of aliphatic hydroxyl groups excluding tert-OH is 3. The van der Waals surface area contributed by atoms with Gasteiger partial charge in [0.15, 0.2) is 23.9 Å². The highest BCUT2D eigenvalue weighted by Gasteiger charge is 2.51. The van der Waals surface area contributed by atoms with Crippen LogP contribution in [-0.4, -0.2) is 121 Å². The summed E-state index contributed by atoms with van der Waals surface area (Å²) in [6.45, 7) is -2.02. The molecule has 2 saturated heterocycles. The monoisotopic (exact) mass is 745 g/mol. The third-order valence-electron chi connectivity index (χ3n) is 7.11. The van der Waals surface area contributed by atoms with Crippen molar-refractivity contribution >= 4 is 46.4 Å². The van der Waals surface area contributed by atoms with Crippen LogP contribution in [0.25, 0.3) is 11.2 Å². The van der Waals surface area contributed by atoms with Gasteiger partial charge in [-0.15, -0.1) is 0 Å². The Kier molecular flexibility index (Phi) is 10.6. The van der Waals surface area contributed by atoms with Crippen molar-refractivity contribution in [2.24, 2.45) is 5.73 Å². The average molecular weight is 745 g/mol. The summed E-state index contributed by atoms with van der Waals surface area (Å²) in [6.07, 6.45) is -6.47. The van der Waals surface area contributed by atoms with Crippen LogP contribution in [0.1, 0.15) is 12.6 Å². The number of allylic oxidation sites excluding steroid dienone is 1. The number of aromatic nitrogens is 4. The van der Waals surface area contributed by atoms with E-state index in [-0.39, 0.29) is 29.0 Å². The van der Waals surface area contributed by atoms with Crippen LogP contribution in [0.3, 0.4) is 0 Å². The predicted octanol–water partition coefficient (Wildman–Crippen LogP) is -2.57. The van der Waals surface area contributed by atoms with E-state index in [1.54, 1.807) is 0 Å². The van der Waals surface area contributed by atoms with E-state index in [2.05, 4.69) is 23.8 Å². The summed E-state index contributed by atoms with van der Waals surface area (Å²) in [5.41, 5.74) is 11.3. The molecule has 2 unspecified atom stereocenters. The third-order valence-corrected chi connectivity index (χ3v) is 10.2. The number of hydrogen-bond acceptors (Lipinski definition) is 18. The van der Waals surface area contributed by atoms with Crippen molar-refractivity contribution in [3.63, 3.8) is 0 Å². The molecule has 3 aliphatic heterocycles. The van der Waals surface area contributed by atoms with Gasteiger partial charge in [0.05, 0.1) is 19.5 Å². The zero-order valence-corrected chi connectivity index (χ0v) is 26.8. The molecule has 0 aliphatic carbocycles. The number of anilines is 1. The Morgan fingerprint density at radius 3 is 2.19 bits per heavy atom. The van der Waals surface area contributed by atoms with E-state index in [1.807, 2.05) is 0 Å². The van der Waals surface area contributed by atoms with Gasteiger partial charge in [0.2, 0.25) is 5.91 Å².